The summed E-state index contributed by atoms with van der Waals surface area (Å²) in [6.07, 6.45) is 0. The third-order valence-corrected chi connectivity index (χ3v) is 6.37. The monoisotopic (exact) mass is 503 g/mol. The number of aromatic nitrogens is 2. The Balaban J connectivity index is 1.92. The molecule has 1 heterocycles. The lowest BCUT2D eigenvalue weighted by molar-refractivity contribution is 0.0654. The summed E-state index contributed by atoms with van der Waals surface area (Å²) < 4.78 is 6.94. The van der Waals surface area contributed by atoms with E-state index in [9.17, 15) is 9.59 Å². The number of hydrogen-bond acceptors (Lipinski definition) is 4. The standard InChI is InChI=1S/C29H30ClN3O3/c1-18(2)17-32(28(34)21-7-6-8-24(15-21)36-5)20(4)27-31-26-16-22(30)11-14-25(26)29(35)33(27)23-12-9-19(3)10-13-23/h6-16,18,20H,17H2,1-5H3. The average Bonchev–Trinajstić information content (AvgIpc) is 2.86. The Morgan fingerprint density at radius 2 is 1.78 bits per heavy atom. The number of aryl methyl sites for hydroxylation is 1. The second-order valence-electron chi connectivity index (χ2n) is 9.37. The fourth-order valence-electron chi connectivity index (χ4n) is 4.27. The maximum atomic E-state index is 13.8. The molecule has 0 aliphatic rings. The van der Waals surface area contributed by atoms with Crippen molar-refractivity contribution in [3.05, 3.63) is 99.1 Å². The average molecular weight is 504 g/mol. The van der Waals surface area contributed by atoms with Crippen molar-refractivity contribution in [2.24, 2.45) is 5.92 Å². The largest absolute Gasteiger partial charge is 0.497 e. The first-order valence-electron chi connectivity index (χ1n) is 11.9. The Kier molecular flexibility index (Phi) is 7.45. The highest BCUT2D eigenvalue weighted by molar-refractivity contribution is 6.31. The number of carbonyl (C=O) groups is 1. The van der Waals surface area contributed by atoms with Gasteiger partial charge in [-0.15, -0.1) is 0 Å². The Bertz CT molecular complexity index is 1460. The van der Waals surface area contributed by atoms with Crippen molar-refractivity contribution in [2.45, 2.75) is 33.7 Å². The fourth-order valence-corrected chi connectivity index (χ4v) is 4.44. The van der Waals surface area contributed by atoms with Crippen LogP contribution < -0.4 is 10.3 Å². The molecule has 0 radical (unpaired) electrons. The van der Waals surface area contributed by atoms with Crippen LogP contribution in [0.5, 0.6) is 5.75 Å². The minimum atomic E-state index is -0.511. The van der Waals surface area contributed by atoms with Crippen molar-refractivity contribution in [1.29, 1.82) is 0 Å². The number of nitrogens with zero attached hydrogens (tertiary/aromatic N) is 3. The van der Waals surface area contributed by atoms with E-state index in [1.54, 1.807) is 59.0 Å². The molecular weight excluding hydrogens is 474 g/mol. The molecule has 0 bridgehead atoms. The molecule has 1 atom stereocenters. The lowest BCUT2D eigenvalue weighted by Crippen LogP contribution is -2.39. The predicted octanol–water partition coefficient (Wildman–Crippen LogP) is 6.22. The Morgan fingerprint density at radius 3 is 2.44 bits per heavy atom. The number of rotatable bonds is 7. The summed E-state index contributed by atoms with van der Waals surface area (Å²) in [6, 6.07) is 19.3. The van der Waals surface area contributed by atoms with Crippen molar-refractivity contribution >= 4 is 28.4 Å². The molecule has 4 rings (SSSR count). The van der Waals surface area contributed by atoms with E-state index >= 15 is 0 Å². The van der Waals surface area contributed by atoms with Gasteiger partial charge in [0.15, 0.2) is 0 Å². The zero-order chi connectivity index (χ0) is 26.0. The Hall–Kier alpha value is -3.64. The zero-order valence-electron chi connectivity index (χ0n) is 21.2. The van der Waals surface area contributed by atoms with Crippen LogP contribution in [0.1, 0.15) is 48.6 Å². The van der Waals surface area contributed by atoms with Crippen LogP contribution in [0.15, 0.2) is 71.5 Å². The van der Waals surface area contributed by atoms with Gasteiger partial charge in [-0.1, -0.05) is 49.2 Å². The van der Waals surface area contributed by atoms with Gasteiger partial charge < -0.3 is 9.64 Å². The van der Waals surface area contributed by atoms with E-state index in [1.165, 1.54) is 0 Å². The number of ether oxygens (including phenoxy) is 1. The summed E-state index contributed by atoms with van der Waals surface area (Å²) in [7, 11) is 1.57. The van der Waals surface area contributed by atoms with Gasteiger partial charge in [-0.2, -0.15) is 0 Å². The van der Waals surface area contributed by atoms with Crippen LogP contribution in [0.25, 0.3) is 16.6 Å². The van der Waals surface area contributed by atoms with Crippen molar-refractivity contribution in [1.82, 2.24) is 14.5 Å². The van der Waals surface area contributed by atoms with Crippen molar-refractivity contribution in [3.8, 4) is 11.4 Å². The number of halogens is 1. The molecule has 0 N–H and O–H groups in total. The second kappa shape index (κ2) is 10.5. The molecule has 0 fully saturated rings. The van der Waals surface area contributed by atoms with Crippen molar-refractivity contribution in [3.63, 3.8) is 0 Å². The zero-order valence-corrected chi connectivity index (χ0v) is 21.9. The Morgan fingerprint density at radius 1 is 1.06 bits per heavy atom. The normalized spacial score (nSPS) is 12.1. The number of fused-ring (bicyclic) bond motifs is 1. The molecule has 0 saturated heterocycles. The van der Waals surface area contributed by atoms with Gasteiger partial charge >= 0.3 is 0 Å². The van der Waals surface area contributed by atoms with Crippen LogP contribution in [0, 0.1) is 12.8 Å². The number of carbonyl (C=O) groups excluding carboxylic acids is 1. The first-order valence-corrected chi connectivity index (χ1v) is 12.3. The number of amides is 1. The van der Waals surface area contributed by atoms with Crippen LogP contribution in [0.4, 0.5) is 0 Å². The van der Waals surface area contributed by atoms with Crippen LogP contribution >= 0.6 is 11.6 Å². The SMILES string of the molecule is COc1cccc(C(=O)N(CC(C)C)C(C)c2nc3cc(Cl)ccc3c(=O)n2-c2ccc(C)cc2)c1. The molecule has 186 valence electrons. The van der Waals surface area contributed by atoms with Crippen LogP contribution in [-0.2, 0) is 0 Å². The third-order valence-electron chi connectivity index (χ3n) is 6.13. The minimum Gasteiger partial charge on any atom is -0.497 e. The van der Waals surface area contributed by atoms with E-state index in [-0.39, 0.29) is 17.4 Å². The highest BCUT2D eigenvalue weighted by atomic mass is 35.5. The summed E-state index contributed by atoms with van der Waals surface area (Å²) in [5.74, 6) is 1.10. The summed E-state index contributed by atoms with van der Waals surface area (Å²) in [5.41, 5.74) is 2.57. The van der Waals surface area contributed by atoms with Gasteiger partial charge in [-0.05, 0) is 68.3 Å². The topological polar surface area (TPSA) is 64.4 Å². The van der Waals surface area contributed by atoms with Gasteiger partial charge in [-0.25, -0.2) is 4.98 Å². The molecule has 3 aromatic carbocycles. The van der Waals surface area contributed by atoms with Gasteiger partial charge in [0, 0.05) is 17.1 Å². The summed E-state index contributed by atoms with van der Waals surface area (Å²) in [6.45, 7) is 8.49. The second-order valence-corrected chi connectivity index (χ2v) is 9.80. The lowest BCUT2D eigenvalue weighted by atomic mass is 10.1. The molecule has 1 amide bonds. The number of methoxy groups -OCH3 is 1. The summed E-state index contributed by atoms with van der Waals surface area (Å²) in [5, 5.41) is 0.957. The highest BCUT2D eigenvalue weighted by Crippen LogP contribution is 2.27. The number of hydrogen-bond donors (Lipinski definition) is 0. The van der Waals surface area contributed by atoms with Gasteiger partial charge in [0.2, 0.25) is 0 Å². The van der Waals surface area contributed by atoms with E-state index in [1.807, 2.05) is 38.1 Å². The van der Waals surface area contributed by atoms with E-state index in [0.717, 1.165) is 5.56 Å². The first-order chi connectivity index (χ1) is 17.2. The Labute approximate surface area is 216 Å². The molecule has 0 aliphatic heterocycles. The highest BCUT2D eigenvalue weighted by Gasteiger charge is 2.28. The predicted molar refractivity (Wildman–Crippen MR) is 144 cm³/mol. The molecule has 7 heteroatoms. The van der Waals surface area contributed by atoms with Crippen LogP contribution in [0.3, 0.4) is 0 Å². The molecule has 6 nitrogen and oxygen atoms in total. The number of benzene rings is 3. The van der Waals surface area contributed by atoms with Gasteiger partial charge in [0.1, 0.15) is 11.6 Å². The molecule has 4 aromatic rings. The smallest absolute Gasteiger partial charge is 0.266 e. The maximum absolute atomic E-state index is 13.8. The third kappa shape index (κ3) is 5.14. The molecule has 0 aliphatic carbocycles. The van der Waals surface area contributed by atoms with E-state index in [0.29, 0.717) is 45.3 Å². The maximum Gasteiger partial charge on any atom is 0.266 e. The van der Waals surface area contributed by atoms with E-state index in [2.05, 4.69) is 13.8 Å². The van der Waals surface area contributed by atoms with Crippen molar-refractivity contribution in [2.75, 3.05) is 13.7 Å². The first kappa shape index (κ1) is 25.5. The van der Waals surface area contributed by atoms with Crippen LogP contribution in [0.2, 0.25) is 5.02 Å². The molecule has 36 heavy (non-hydrogen) atoms. The minimum absolute atomic E-state index is 0.161. The van der Waals surface area contributed by atoms with E-state index < -0.39 is 6.04 Å². The molecule has 0 spiro atoms. The van der Waals surface area contributed by atoms with Gasteiger partial charge in [0.05, 0.1) is 29.7 Å². The van der Waals surface area contributed by atoms with Crippen LogP contribution in [-0.4, -0.2) is 34.0 Å². The molecule has 1 aromatic heterocycles. The van der Waals surface area contributed by atoms with Gasteiger partial charge in [0.25, 0.3) is 11.5 Å². The summed E-state index contributed by atoms with van der Waals surface area (Å²) in [4.78, 5) is 34.2. The van der Waals surface area contributed by atoms with Crippen molar-refractivity contribution < 1.29 is 9.53 Å². The lowest BCUT2D eigenvalue weighted by Gasteiger charge is -2.32. The van der Waals surface area contributed by atoms with E-state index in [4.69, 9.17) is 21.3 Å². The fraction of sp³-hybridized carbons (Fsp3) is 0.276. The molecular formula is C29H30ClN3O3. The molecule has 1 unspecified atom stereocenters. The molecule has 0 saturated carbocycles. The van der Waals surface area contributed by atoms with Gasteiger partial charge in [-0.3, -0.25) is 14.2 Å². The summed E-state index contributed by atoms with van der Waals surface area (Å²) >= 11 is 6.24. The quantitative estimate of drug-likeness (QED) is 0.300.